The van der Waals surface area contributed by atoms with Gasteiger partial charge in [0.2, 0.25) is 0 Å². The van der Waals surface area contributed by atoms with E-state index >= 15 is 0 Å². The van der Waals surface area contributed by atoms with E-state index in [1.807, 2.05) is 36.0 Å². The third-order valence-corrected chi connectivity index (χ3v) is 3.65. The Morgan fingerprint density at radius 3 is 2.57 bits per heavy atom. The fraction of sp³-hybridized carbons (Fsp3) is 0.562. The fourth-order valence-corrected chi connectivity index (χ4v) is 2.20. The summed E-state index contributed by atoms with van der Waals surface area (Å²) in [6.45, 7) is 5.22. The Kier molecular flexibility index (Phi) is 6.49. The number of nitrogen functional groups attached to an aromatic ring is 1. The first-order chi connectivity index (χ1) is 9.92. The molecule has 5 nitrogen and oxygen atoms in total. The highest BCUT2D eigenvalue weighted by Crippen LogP contribution is 2.24. The molecule has 0 aliphatic carbocycles. The summed E-state index contributed by atoms with van der Waals surface area (Å²) in [6, 6.07) is 5.60. The molecule has 1 amide bonds. The highest BCUT2D eigenvalue weighted by atomic mass is 16.5. The van der Waals surface area contributed by atoms with Crippen LogP contribution < -0.4 is 10.6 Å². The van der Waals surface area contributed by atoms with Crippen molar-refractivity contribution in [3.05, 3.63) is 23.8 Å². The molecule has 118 valence electrons. The number of amides is 1. The number of carbonyl (C=O) groups excluding carboxylic acids is 1. The van der Waals surface area contributed by atoms with Gasteiger partial charge in [0.25, 0.3) is 5.91 Å². The molecule has 0 saturated heterocycles. The Hall–Kier alpha value is -1.75. The second-order valence-corrected chi connectivity index (χ2v) is 5.42. The number of nitrogens with zero attached hydrogens (tertiary/aromatic N) is 2. The second kappa shape index (κ2) is 7.88. The summed E-state index contributed by atoms with van der Waals surface area (Å²) in [5.41, 5.74) is 7.97. The SMILES string of the molecule is CCC(C)N(CCOC)C(=O)c1cc(N)ccc1N(C)C. The van der Waals surface area contributed by atoms with Gasteiger partial charge < -0.3 is 20.3 Å². The molecule has 0 saturated carbocycles. The zero-order valence-electron chi connectivity index (χ0n) is 13.7. The molecular formula is C16H27N3O2. The number of nitrogens with two attached hydrogens (primary N) is 1. The fourth-order valence-electron chi connectivity index (χ4n) is 2.20. The predicted octanol–water partition coefficient (Wildman–Crippen LogP) is 2.22. The highest BCUT2D eigenvalue weighted by Gasteiger charge is 2.23. The third kappa shape index (κ3) is 4.36. The normalized spacial score (nSPS) is 12.0. The molecule has 0 fully saturated rings. The van der Waals surface area contributed by atoms with Crippen LogP contribution in [0.15, 0.2) is 18.2 Å². The summed E-state index contributed by atoms with van der Waals surface area (Å²) >= 11 is 0. The van der Waals surface area contributed by atoms with Crippen LogP contribution in [-0.4, -0.2) is 51.2 Å². The summed E-state index contributed by atoms with van der Waals surface area (Å²) in [7, 11) is 5.49. The van der Waals surface area contributed by atoms with E-state index < -0.39 is 0 Å². The topological polar surface area (TPSA) is 58.8 Å². The molecule has 0 aliphatic rings. The van der Waals surface area contributed by atoms with Gasteiger partial charge in [0.15, 0.2) is 0 Å². The molecule has 0 heterocycles. The first-order valence-electron chi connectivity index (χ1n) is 7.29. The van der Waals surface area contributed by atoms with Crippen molar-refractivity contribution < 1.29 is 9.53 Å². The van der Waals surface area contributed by atoms with E-state index in [0.29, 0.717) is 24.4 Å². The molecule has 1 rings (SSSR count). The van der Waals surface area contributed by atoms with E-state index in [1.165, 1.54) is 0 Å². The van der Waals surface area contributed by atoms with Gasteiger partial charge in [-0.25, -0.2) is 0 Å². The van der Waals surface area contributed by atoms with Crippen LogP contribution in [0.1, 0.15) is 30.6 Å². The predicted molar refractivity (Wildman–Crippen MR) is 87.8 cm³/mol. The van der Waals surface area contributed by atoms with E-state index in [9.17, 15) is 4.79 Å². The lowest BCUT2D eigenvalue weighted by atomic mass is 10.1. The molecule has 0 aromatic heterocycles. The quantitative estimate of drug-likeness (QED) is 0.783. The molecule has 0 aliphatic heterocycles. The van der Waals surface area contributed by atoms with Gasteiger partial charge in [-0.15, -0.1) is 0 Å². The average molecular weight is 293 g/mol. The summed E-state index contributed by atoms with van der Waals surface area (Å²) in [5, 5.41) is 0. The molecule has 0 spiro atoms. The molecule has 1 atom stereocenters. The van der Waals surface area contributed by atoms with Crippen LogP contribution in [0.4, 0.5) is 11.4 Å². The van der Waals surface area contributed by atoms with Gasteiger partial charge in [0.05, 0.1) is 12.2 Å². The van der Waals surface area contributed by atoms with Gasteiger partial charge in [0.1, 0.15) is 0 Å². The van der Waals surface area contributed by atoms with Crippen LogP contribution in [0.5, 0.6) is 0 Å². The molecule has 0 radical (unpaired) electrons. The molecule has 1 aromatic rings. The Balaban J connectivity index is 3.15. The summed E-state index contributed by atoms with van der Waals surface area (Å²) in [5.74, 6) is -0.00241. The van der Waals surface area contributed by atoms with Crippen molar-refractivity contribution in [2.45, 2.75) is 26.3 Å². The minimum atomic E-state index is -0.00241. The summed E-state index contributed by atoms with van der Waals surface area (Å²) < 4.78 is 5.13. The number of methoxy groups -OCH3 is 1. The molecular weight excluding hydrogens is 266 g/mol. The number of hydrogen-bond acceptors (Lipinski definition) is 4. The lowest BCUT2D eigenvalue weighted by molar-refractivity contribution is 0.0614. The molecule has 1 aromatic carbocycles. The average Bonchev–Trinajstić information content (AvgIpc) is 2.46. The van der Waals surface area contributed by atoms with E-state index in [1.54, 1.807) is 13.2 Å². The minimum absolute atomic E-state index is 0.00241. The van der Waals surface area contributed by atoms with Crippen LogP contribution >= 0.6 is 0 Å². The highest BCUT2D eigenvalue weighted by molar-refractivity contribution is 6.00. The monoisotopic (exact) mass is 293 g/mol. The largest absolute Gasteiger partial charge is 0.399 e. The van der Waals surface area contributed by atoms with Gasteiger partial charge >= 0.3 is 0 Å². The summed E-state index contributed by atoms with van der Waals surface area (Å²) in [4.78, 5) is 16.7. The Labute approximate surface area is 127 Å². The standard InChI is InChI=1S/C16H27N3O2/c1-6-12(2)19(9-10-21-5)16(20)14-11-13(17)7-8-15(14)18(3)4/h7-8,11-12H,6,9-10,17H2,1-5H3. The van der Waals surface area contributed by atoms with E-state index in [2.05, 4.69) is 13.8 Å². The number of hydrogen-bond donors (Lipinski definition) is 1. The minimum Gasteiger partial charge on any atom is -0.399 e. The summed E-state index contributed by atoms with van der Waals surface area (Å²) in [6.07, 6.45) is 0.898. The zero-order valence-corrected chi connectivity index (χ0v) is 13.7. The van der Waals surface area contributed by atoms with Gasteiger partial charge in [-0.1, -0.05) is 6.92 Å². The number of anilines is 2. The van der Waals surface area contributed by atoms with Gasteiger partial charge in [-0.2, -0.15) is 0 Å². The van der Waals surface area contributed by atoms with Gasteiger partial charge in [0, 0.05) is 45.2 Å². The second-order valence-electron chi connectivity index (χ2n) is 5.42. The van der Waals surface area contributed by atoms with Crippen molar-refractivity contribution in [3.8, 4) is 0 Å². The van der Waals surface area contributed by atoms with Crippen molar-refractivity contribution in [2.75, 3.05) is 45.0 Å². The smallest absolute Gasteiger partial charge is 0.256 e. The maximum absolute atomic E-state index is 12.9. The third-order valence-electron chi connectivity index (χ3n) is 3.65. The van der Waals surface area contributed by atoms with Crippen molar-refractivity contribution in [3.63, 3.8) is 0 Å². The van der Waals surface area contributed by atoms with Crippen molar-refractivity contribution >= 4 is 17.3 Å². The molecule has 5 heteroatoms. The molecule has 1 unspecified atom stereocenters. The maximum Gasteiger partial charge on any atom is 0.256 e. The number of benzene rings is 1. The Morgan fingerprint density at radius 1 is 1.38 bits per heavy atom. The maximum atomic E-state index is 12.9. The van der Waals surface area contributed by atoms with Crippen LogP contribution in [0.2, 0.25) is 0 Å². The number of carbonyl (C=O) groups is 1. The van der Waals surface area contributed by atoms with Crippen molar-refractivity contribution in [1.82, 2.24) is 4.90 Å². The van der Waals surface area contributed by atoms with E-state index in [4.69, 9.17) is 10.5 Å². The molecule has 21 heavy (non-hydrogen) atoms. The lowest BCUT2D eigenvalue weighted by Crippen LogP contribution is -2.41. The van der Waals surface area contributed by atoms with Crippen LogP contribution in [0.3, 0.4) is 0 Å². The first-order valence-corrected chi connectivity index (χ1v) is 7.29. The Bertz CT molecular complexity index is 475. The Morgan fingerprint density at radius 2 is 2.05 bits per heavy atom. The van der Waals surface area contributed by atoms with Crippen molar-refractivity contribution in [1.29, 1.82) is 0 Å². The molecule has 2 N–H and O–H groups in total. The van der Waals surface area contributed by atoms with E-state index in [0.717, 1.165) is 12.1 Å². The molecule has 0 bridgehead atoms. The van der Waals surface area contributed by atoms with Crippen LogP contribution in [0, 0.1) is 0 Å². The van der Waals surface area contributed by atoms with E-state index in [-0.39, 0.29) is 11.9 Å². The van der Waals surface area contributed by atoms with Gasteiger partial charge in [-0.05, 0) is 31.5 Å². The number of rotatable bonds is 7. The zero-order chi connectivity index (χ0) is 16.0. The number of ether oxygens (including phenoxy) is 1. The van der Waals surface area contributed by atoms with Gasteiger partial charge in [-0.3, -0.25) is 4.79 Å². The van der Waals surface area contributed by atoms with Crippen LogP contribution in [0.25, 0.3) is 0 Å². The van der Waals surface area contributed by atoms with Crippen LogP contribution in [-0.2, 0) is 4.74 Å². The lowest BCUT2D eigenvalue weighted by Gasteiger charge is -2.30. The first kappa shape index (κ1) is 17.3. The van der Waals surface area contributed by atoms with Crippen molar-refractivity contribution in [2.24, 2.45) is 0 Å².